The number of carbonyl (C=O) groups is 1. The van der Waals surface area contributed by atoms with Crippen molar-refractivity contribution in [1.29, 1.82) is 0 Å². The molecule has 0 aliphatic heterocycles. The molecule has 2 N–H and O–H groups in total. The minimum atomic E-state index is -0.630. The van der Waals surface area contributed by atoms with Crippen molar-refractivity contribution >= 4 is 23.0 Å². The number of rotatable bonds is 7. The number of fused-ring (bicyclic) bond motifs is 1. The molecule has 0 bridgehead atoms. The fourth-order valence-corrected chi connectivity index (χ4v) is 3.58. The van der Waals surface area contributed by atoms with Gasteiger partial charge >= 0.3 is 0 Å². The van der Waals surface area contributed by atoms with E-state index in [1.807, 2.05) is 30.3 Å². The van der Waals surface area contributed by atoms with Crippen LogP contribution in [-0.2, 0) is 11.3 Å². The maximum Gasteiger partial charge on any atom is 0.267 e. The van der Waals surface area contributed by atoms with E-state index in [1.165, 1.54) is 12.2 Å². The second kappa shape index (κ2) is 8.88. The zero-order chi connectivity index (χ0) is 21.8. The van der Waals surface area contributed by atoms with Crippen molar-refractivity contribution in [3.8, 4) is 0 Å². The molecule has 9 heteroatoms. The van der Waals surface area contributed by atoms with Gasteiger partial charge in [0.15, 0.2) is 0 Å². The van der Waals surface area contributed by atoms with Gasteiger partial charge < -0.3 is 4.57 Å². The van der Waals surface area contributed by atoms with Crippen LogP contribution in [0.4, 0.5) is 0 Å². The van der Waals surface area contributed by atoms with Crippen molar-refractivity contribution in [3.63, 3.8) is 0 Å². The first-order valence-corrected chi connectivity index (χ1v) is 9.95. The van der Waals surface area contributed by atoms with Crippen LogP contribution >= 0.6 is 0 Å². The molecule has 3 aromatic heterocycles. The number of nitrogens with one attached hydrogen (secondary N) is 1. The van der Waals surface area contributed by atoms with Crippen LogP contribution in [0.5, 0.6) is 0 Å². The van der Waals surface area contributed by atoms with Gasteiger partial charge in [0, 0.05) is 25.0 Å². The number of nitrogens with zero attached hydrogens (tertiary/aromatic N) is 6. The largest absolute Gasteiger partial charge is 0.322 e. The quantitative estimate of drug-likeness (QED) is 0.272. The van der Waals surface area contributed by atoms with Gasteiger partial charge in [-0.2, -0.15) is 0 Å². The Morgan fingerprint density at radius 3 is 2.71 bits per heavy atom. The van der Waals surface area contributed by atoms with Crippen molar-refractivity contribution in [1.82, 2.24) is 35.0 Å². The fourth-order valence-electron chi connectivity index (χ4n) is 3.58. The summed E-state index contributed by atoms with van der Waals surface area (Å²) in [6.45, 7) is 4.87. The molecular formula is C22H23N7O2. The normalized spacial score (nSPS) is 12.6. The van der Waals surface area contributed by atoms with Crippen LogP contribution < -0.4 is 5.48 Å². The minimum absolute atomic E-state index is 0.171. The predicted octanol–water partition coefficient (Wildman–Crippen LogP) is 2.84. The lowest BCUT2D eigenvalue weighted by Crippen LogP contribution is -2.22. The molecule has 0 spiro atoms. The summed E-state index contributed by atoms with van der Waals surface area (Å²) in [5.41, 5.74) is 5.14. The van der Waals surface area contributed by atoms with E-state index < -0.39 is 5.91 Å². The Kier molecular flexibility index (Phi) is 5.85. The number of benzene rings is 1. The van der Waals surface area contributed by atoms with Gasteiger partial charge in [0.25, 0.3) is 5.91 Å². The van der Waals surface area contributed by atoms with Crippen LogP contribution in [0, 0.1) is 5.92 Å². The van der Waals surface area contributed by atoms with Gasteiger partial charge in [0.2, 0.25) is 0 Å². The molecule has 0 saturated carbocycles. The number of imidazole rings is 1. The second-order valence-corrected chi connectivity index (χ2v) is 7.52. The van der Waals surface area contributed by atoms with E-state index in [0.29, 0.717) is 12.2 Å². The van der Waals surface area contributed by atoms with Gasteiger partial charge in [-0.15, -0.1) is 5.10 Å². The van der Waals surface area contributed by atoms with E-state index >= 15 is 0 Å². The maximum absolute atomic E-state index is 11.3. The third-order valence-electron chi connectivity index (χ3n) is 5.00. The van der Waals surface area contributed by atoms with E-state index in [-0.39, 0.29) is 12.0 Å². The SMILES string of the molecule is CC(C)C(c1nc2ccccc2n1Cc1ccncc1)n1cc(/C=C/C(=O)NO)nn1. The first kappa shape index (κ1) is 20.4. The highest BCUT2D eigenvalue weighted by Crippen LogP contribution is 2.29. The molecule has 4 rings (SSSR count). The molecule has 1 aromatic carbocycles. The van der Waals surface area contributed by atoms with Gasteiger partial charge in [0.05, 0.1) is 17.2 Å². The Labute approximate surface area is 179 Å². The van der Waals surface area contributed by atoms with E-state index in [1.54, 1.807) is 28.8 Å². The summed E-state index contributed by atoms with van der Waals surface area (Å²) in [5.74, 6) is 0.419. The van der Waals surface area contributed by atoms with E-state index in [4.69, 9.17) is 10.2 Å². The number of hydrogen-bond acceptors (Lipinski definition) is 6. The Morgan fingerprint density at radius 2 is 1.97 bits per heavy atom. The first-order chi connectivity index (χ1) is 15.1. The van der Waals surface area contributed by atoms with Crippen LogP contribution in [0.3, 0.4) is 0 Å². The third kappa shape index (κ3) is 4.36. The van der Waals surface area contributed by atoms with Crippen LogP contribution in [0.15, 0.2) is 61.1 Å². The number of aromatic nitrogens is 6. The van der Waals surface area contributed by atoms with E-state index in [2.05, 4.69) is 39.8 Å². The highest BCUT2D eigenvalue weighted by atomic mass is 16.5. The van der Waals surface area contributed by atoms with Gasteiger partial charge in [-0.3, -0.25) is 15.0 Å². The molecule has 1 amide bonds. The summed E-state index contributed by atoms with van der Waals surface area (Å²) in [6.07, 6.45) is 8.02. The number of hydrogen-bond donors (Lipinski definition) is 2. The minimum Gasteiger partial charge on any atom is -0.322 e. The second-order valence-electron chi connectivity index (χ2n) is 7.52. The number of hydroxylamine groups is 1. The number of amides is 1. The monoisotopic (exact) mass is 417 g/mol. The van der Waals surface area contributed by atoms with Crippen molar-refractivity contribution in [3.05, 3.63) is 78.1 Å². The van der Waals surface area contributed by atoms with E-state index in [0.717, 1.165) is 22.4 Å². The average molecular weight is 417 g/mol. The molecule has 0 fully saturated rings. The van der Waals surface area contributed by atoms with Gasteiger partial charge in [-0.25, -0.2) is 15.1 Å². The lowest BCUT2D eigenvalue weighted by molar-refractivity contribution is -0.124. The molecule has 0 aliphatic rings. The summed E-state index contributed by atoms with van der Waals surface area (Å²) < 4.78 is 3.97. The average Bonchev–Trinajstić information content (AvgIpc) is 3.38. The smallest absolute Gasteiger partial charge is 0.267 e. The standard InChI is InChI=1S/C22H23N7O2/c1-15(2)21(29-14-17(25-27-29)7-8-20(30)26-31)22-24-18-5-3-4-6-19(18)28(22)13-16-9-11-23-12-10-16/h3-12,14-15,21,31H,13H2,1-2H3,(H,26,30)/b8-7+. The third-order valence-corrected chi connectivity index (χ3v) is 5.00. The molecule has 0 saturated heterocycles. The predicted molar refractivity (Wildman–Crippen MR) is 115 cm³/mol. The molecule has 0 radical (unpaired) electrons. The van der Waals surface area contributed by atoms with Crippen LogP contribution in [0.1, 0.15) is 37.0 Å². The van der Waals surface area contributed by atoms with Gasteiger partial charge in [-0.05, 0) is 41.8 Å². The van der Waals surface area contributed by atoms with Crippen LogP contribution in [0.25, 0.3) is 17.1 Å². The topological polar surface area (TPSA) is 111 Å². The lowest BCUT2D eigenvalue weighted by Gasteiger charge is -2.22. The molecule has 1 unspecified atom stereocenters. The first-order valence-electron chi connectivity index (χ1n) is 9.95. The molecule has 0 aliphatic carbocycles. The van der Waals surface area contributed by atoms with Crippen molar-refractivity contribution < 1.29 is 10.0 Å². The number of pyridine rings is 1. The summed E-state index contributed by atoms with van der Waals surface area (Å²) in [6, 6.07) is 11.9. The zero-order valence-electron chi connectivity index (χ0n) is 17.3. The lowest BCUT2D eigenvalue weighted by atomic mass is 10.0. The Morgan fingerprint density at radius 1 is 1.19 bits per heavy atom. The van der Waals surface area contributed by atoms with Crippen molar-refractivity contribution in [2.45, 2.75) is 26.4 Å². The highest BCUT2D eigenvalue weighted by molar-refractivity contribution is 5.90. The van der Waals surface area contributed by atoms with Crippen LogP contribution in [-0.4, -0.2) is 40.6 Å². The number of carbonyl (C=O) groups excluding carboxylic acids is 1. The van der Waals surface area contributed by atoms with Crippen molar-refractivity contribution in [2.24, 2.45) is 5.92 Å². The Bertz CT molecular complexity index is 1210. The van der Waals surface area contributed by atoms with Gasteiger partial charge in [0.1, 0.15) is 17.6 Å². The summed E-state index contributed by atoms with van der Waals surface area (Å²) >= 11 is 0. The fraction of sp³-hybridized carbons (Fsp3) is 0.227. The molecule has 9 nitrogen and oxygen atoms in total. The highest BCUT2D eigenvalue weighted by Gasteiger charge is 2.26. The van der Waals surface area contributed by atoms with E-state index in [9.17, 15) is 4.79 Å². The summed E-state index contributed by atoms with van der Waals surface area (Å²) in [5, 5.41) is 17.1. The molecule has 31 heavy (non-hydrogen) atoms. The summed E-state index contributed by atoms with van der Waals surface area (Å²) in [7, 11) is 0. The zero-order valence-corrected chi connectivity index (χ0v) is 17.3. The maximum atomic E-state index is 11.3. The van der Waals surface area contributed by atoms with Gasteiger partial charge in [-0.1, -0.05) is 31.2 Å². The van der Waals surface area contributed by atoms with Crippen LogP contribution in [0.2, 0.25) is 0 Å². The summed E-state index contributed by atoms with van der Waals surface area (Å²) in [4.78, 5) is 20.3. The Balaban J connectivity index is 1.78. The molecule has 1 atom stereocenters. The Hall–Kier alpha value is -3.85. The molecule has 4 aromatic rings. The molecular weight excluding hydrogens is 394 g/mol. The molecule has 158 valence electrons. The van der Waals surface area contributed by atoms with Crippen molar-refractivity contribution in [2.75, 3.05) is 0 Å². The number of para-hydroxylation sites is 2. The molecule has 3 heterocycles.